The summed E-state index contributed by atoms with van der Waals surface area (Å²) in [4.78, 5) is 11.8. The fourth-order valence-corrected chi connectivity index (χ4v) is 2.59. The minimum Gasteiger partial charge on any atom is -0.316 e. The molecule has 0 aliphatic carbocycles. The lowest BCUT2D eigenvalue weighted by atomic mass is 9.96. The molecule has 2 aliphatic heterocycles. The first-order valence-electron chi connectivity index (χ1n) is 6.60. The van der Waals surface area contributed by atoms with Gasteiger partial charge in [-0.3, -0.25) is 10.2 Å². The van der Waals surface area contributed by atoms with Gasteiger partial charge in [-0.2, -0.15) is 0 Å². The van der Waals surface area contributed by atoms with Crippen LogP contribution in [-0.4, -0.2) is 37.1 Å². The van der Waals surface area contributed by atoms with Gasteiger partial charge in [-0.25, -0.2) is 5.01 Å². The van der Waals surface area contributed by atoms with E-state index in [0.717, 1.165) is 26.2 Å². The van der Waals surface area contributed by atoms with E-state index in [4.69, 9.17) is 0 Å². The van der Waals surface area contributed by atoms with Gasteiger partial charge in [0.05, 0.1) is 0 Å². The van der Waals surface area contributed by atoms with E-state index in [9.17, 15) is 4.79 Å². The Morgan fingerprint density at radius 3 is 2.75 bits per heavy atom. The Bertz CT molecular complexity index is 198. The molecule has 2 heterocycles. The largest absolute Gasteiger partial charge is 0.316 e. The molecule has 1 amide bonds. The van der Waals surface area contributed by atoms with Gasteiger partial charge in [-0.05, 0) is 44.7 Å². The minimum atomic E-state index is 0.204. The number of rotatable bonds is 3. The van der Waals surface area contributed by atoms with Crippen molar-refractivity contribution in [1.82, 2.24) is 15.8 Å². The molecule has 2 N–H and O–H groups in total. The second-order valence-corrected chi connectivity index (χ2v) is 5.00. The summed E-state index contributed by atoms with van der Waals surface area (Å²) >= 11 is 0. The number of hydrazine groups is 1. The van der Waals surface area contributed by atoms with Crippen molar-refractivity contribution in [3.8, 4) is 0 Å². The number of nitrogens with one attached hydrogen (secondary N) is 2. The summed E-state index contributed by atoms with van der Waals surface area (Å²) < 4.78 is 0. The summed E-state index contributed by atoms with van der Waals surface area (Å²) in [7, 11) is 0. The normalized spacial score (nSPS) is 27.6. The monoisotopic (exact) mass is 225 g/mol. The van der Waals surface area contributed by atoms with E-state index < -0.39 is 0 Å². The summed E-state index contributed by atoms with van der Waals surface area (Å²) in [6.07, 6.45) is 6.82. The molecule has 2 aliphatic rings. The summed E-state index contributed by atoms with van der Waals surface area (Å²) in [5.74, 6) is 0.745. The maximum atomic E-state index is 11.8. The van der Waals surface area contributed by atoms with Crippen molar-refractivity contribution >= 4 is 5.91 Å². The number of hydrogen-bond donors (Lipinski definition) is 2. The van der Waals surface area contributed by atoms with Crippen molar-refractivity contribution in [1.29, 1.82) is 0 Å². The van der Waals surface area contributed by atoms with Crippen LogP contribution in [0.3, 0.4) is 0 Å². The topological polar surface area (TPSA) is 44.4 Å². The van der Waals surface area contributed by atoms with Crippen molar-refractivity contribution in [2.24, 2.45) is 5.92 Å². The molecular formula is C12H23N3O. The quantitative estimate of drug-likeness (QED) is 0.750. The molecular weight excluding hydrogens is 202 g/mol. The predicted octanol–water partition coefficient (Wildman–Crippen LogP) is 0.893. The Kier molecular flexibility index (Phi) is 4.60. The van der Waals surface area contributed by atoms with Crippen molar-refractivity contribution in [3.63, 3.8) is 0 Å². The van der Waals surface area contributed by atoms with Crippen LogP contribution in [0.25, 0.3) is 0 Å². The molecule has 4 nitrogen and oxygen atoms in total. The Hall–Kier alpha value is -0.610. The summed E-state index contributed by atoms with van der Waals surface area (Å²) in [6.45, 7) is 4.17. The summed E-state index contributed by atoms with van der Waals surface area (Å²) in [5, 5.41) is 5.44. The number of amides is 1. The molecule has 0 aromatic carbocycles. The van der Waals surface area contributed by atoms with Gasteiger partial charge in [0.2, 0.25) is 5.91 Å². The van der Waals surface area contributed by atoms with Crippen LogP contribution < -0.4 is 10.7 Å². The fourth-order valence-electron chi connectivity index (χ4n) is 2.59. The Balaban J connectivity index is 1.66. The predicted molar refractivity (Wildman–Crippen MR) is 63.8 cm³/mol. The Labute approximate surface area is 97.7 Å². The van der Waals surface area contributed by atoms with Gasteiger partial charge >= 0.3 is 0 Å². The van der Waals surface area contributed by atoms with E-state index in [2.05, 4.69) is 15.8 Å². The Morgan fingerprint density at radius 2 is 2.06 bits per heavy atom. The van der Waals surface area contributed by atoms with Crippen LogP contribution in [0.15, 0.2) is 0 Å². The van der Waals surface area contributed by atoms with Gasteiger partial charge in [0.25, 0.3) is 0 Å². The second-order valence-electron chi connectivity index (χ2n) is 5.00. The molecule has 2 rings (SSSR count). The van der Waals surface area contributed by atoms with Crippen molar-refractivity contribution < 1.29 is 4.79 Å². The highest BCUT2D eigenvalue weighted by atomic mass is 16.2. The molecule has 16 heavy (non-hydrogen) atoms. The van der Waals surface area contributed by atoms with Crippen molar-refractivity contribution in [2.75, 3.05) is 26.2 Å². The van der Waals surface area contributed by atoms with Gasteiger partial charge < -0.3 is 5.32 Å². The van der Waals surface area contributed by atoms with E-state index in [-0.39, 0.29) is 5.91 Å². The third-order valence-corrected chi connectivity index (χ3v) is 3.51. The lowest BCUT2D eigenvalue weighted by Gasteiger charge is -2.28. The van der Waals surface area contributed by atoms with E-state index in [1.54, 1.807) is 0 Å². The van der Waals surface area contributed by atoms with Crippen LogP contribution >= 0.6 is 0 Å². The lowest BCUT2D eigenvalue weighted by Crippen LogP contribution is -2.46. The maximum absolute atomic E-state index is 11.8. The summed E-state index contributed by atoms with van der Waals surface area (Å²) in [6, 6.07) is 0. The molecule has 2 saturated heterocycles. The second kappa shape index (κ2) is 6.21. The van der Waals surface area contributed by atoms with Crippen molar-refractivity contribution in [3.05, 3.63) is 0 Å². The number of hydrogen-bond acceptors (Lipinski definition) is 3. The van der Waals surface area contributed by atoms with Crippen LogP contribution in [0.4, 0.5) is 0 Å². The molecule has 0 aromatic heterocycles. The third kappa shape index (κ3) is 3.76. The van der Waals surface area contributed by atoms with Crippen LogP contribution in [-0.2, 0) is 4.79 Å². The fraction of sp³-hybridized carbons (Fsp3) is 0.917. The van der Waals surface area contributed by atoms with E-state index >= 15 is 0 Å². The zero-order valence-corrected chi connectivity index (χ0v) is 10.0. The van der Waals surface area contributed by atoms with Crippen LogP contribution in [0, 0.1) is 5.92 Å². The molecule has 0 spiro atoms. The molecule has 2 fully saturated rings. The highest BCUT2D eigenvalue weighted by Gasteiger charge is 2.18. The number of carbonyl (C=O) groups excluding carboxylic acids is 1. The average molecular weight is 225 g/mol. The zero-order valence-electron chi connectivity index (χ0n) is 10.0. The number of piperidine rings is 2. The molecule has 0 aromatic rings. The molecule has 92 valence electrons. The highest BCUT2D eigenvalue weighted by Crippen LogP contribution is 2.14. The minimum absolute atomic E-state index is 0.204. The first kappa shape index (κ1) is 11.9. The molecule has 0 radical (unpaired) electrons. The number of nitrogens with zero attached hydrogens (tertiary/aromatic N) is 1. The zero-order chi connectivity index (χ0) is 11.2. The van der Waals surface area contributed by atoms with E-state index in [1.807, 2.05) is 0 Å². The van der Waals surface area contributed by atoms with Gasteiger partial charge in [0, 0.05) is 19.5 Å². The van der Waals surface area contributed by atoms with Gasteiger partial charge in [-0.15, -0.1) is 0 Å². The van der Waals surface area contributed by atoms with E-state index in [1.165, 1.54) is 32.1 Å². The SMILES string of the molecule is O=C(CC1CCCNC1)NN1CCCCC1. The van der Waals surface area contributed by atoms with Crippen molar-refractivity contribution in [2.45, 2.75) is 38.5 Å². The van der Waals surface area contributed by atoms with Gasteiger partial charge in [0.15, 0.2) is 0 Å². The first-order chi connectivity index (χ1) is 7.84. The Morgan fingerprint density at radius 1 is 1.25 bits per heavy atom. The maximum Gasteiger partial charge on any atom is 0.234 e. The third-order valence-electron chi connectivity index (χ3n) is 3.51. The molecule has 0 bridgehead atoms. The molecule has 4 heteroatoms. The van der Waals surface area contributed by atoms with Crippen LogP contribution in [0.5, 0.6) is 0 Å². The number of carbonyl (C=O) groups is 1. The first-order valence-corrected chi connectivity index (χ1v) is 6.60. The average Bonchev–Trinajstić information content (AvgIpc) is 2.31. The van der Waals surface area contributed by atoms with E-state index in [0.29, 0.717) is 12.3 Å². The van der Waals surface area contributed by atoms with Gasteiger partial charge in [0.1, 0.15) is 0 Å². The highest BCUT2D eigenvalue weighted by molar-refractivity contribution is 5.75. The molecule has 0 saturated carbocycles. The molecule has 1 atom stereocenters. The van der Waals surface area contributed by atoms with Crippen LogP contribution in [0.2, 0.25) is 0 Å². The standard InChI is InChI=1S/C12H23N3O/c16-12(9-11-5-4-6-13-10-11)14-15-7-2-1-3-8-15/h11,13H,1-10H2,(H,14,16). The smallest absolute Gasteiger partial charge is 0.234 e. The molecule has 1 unspecified atom stereocenters. The lowest BCUT2D eigenvalue weighted by molar-refractivity contribution is -0.127. The van der Waals surface area contributed by atoms with Crippen LogP contribution in [0.1, 0.15) is 38.5 Å². The summed E-state index contributed by atoms with van der Waals surface area (Å²) in [5.41, 5.74) is 3.03. The van der Waals surface area contributed by atoms with Gasteiger partial charge in [-0.1, -0.05) is 6.42 Å².